The molecule has 10 heteroatoms. The molecule has 3 aliphatic rings. The van der Waals surface area contributed by atoms with Crippen molar-refractivity contribution in [3.63, 3.8) is 0 Å². The second-order valence-electron chi connectivity index (χ2n) is 8.14. The predicted octanol–water partition coefficient (Wildman–Crippen LogP) is 3.48. The molecule has 2 unspecified atom stereocenters. The first-order valence-electron chi connectivity index (χ1n) is 10.6. The van der Waals surface area contributed by atoms with Crippen LogP contribution in [0.5, 0.6) is 11.5 Å². The Labute approximate surface area is 187 Å². The lowest BCUT2D eigenvalue weighted by molar-refractivity contribution is -0.330. The summed E-state index contributed by atoms with van der Waals surface area (Å²) in [6.45, 7) is 0.240. The molecule has 176 valence electrons. The first-order chi connectivity index (χ1) is 15.8. The summed E-state index contributed by atoms with van der Waals surface area (Å²) >= 11 is 0. The third-order valence-electron chi connectivity index (χ3n) is 6.14. The minimum Gasteiger partial charge on any atom is -0.486 e. The zero-order valence-corrected chi connectivity index (χ0v) is 17.5. The molecule has 5 rings (SSSR count). The minimum atomic E-state index is -4.74. The van der Waals surface area contributed by atoms with Crippen LogP contribution < -0.4 is 9.47 Å². The summed E-state index contributed by atoms with van der Waals surface area (Å²) in [6, 6.07) is 14.5. The van der Waals surface area contributed by atoms with Gasteiger partial charge in [-0.15, -0.1) is 13.2 Å². The third-order valence-corrected chi connectivity index (χ3v) is 6.14. The van der Waals surface area contributed by atoms with Crippen molar-refractivity contribution in [1.82, 2.24) is 4.90 Å². The van der Waals surface area contributed by atoms with Gasteiger partial charge < -0.3 is 23.8 Å². The molecular formula is C23H22F3NO6. The van der Waals surface area contributed by atoms with Gasteiger partial charge >= 0.3 is 6.36 Å². The SMILES string of the molecule is O=C(c1ccc2c(c1)OCC(COC(F)(F)F)O2)N1CC[C@@]2(c3ccccc3)OCOC2C1. The quantitative estimate of drug-likeness (QED) is 0.689. The van der Waals surface area contributed by atoms with Gasteiger partial charge in [0, 0.05) is 18.5 Å². The van der Waals surface area contributed by atoms with Gasteiger partial charge in [0.2, 0.25) is 0 Å². The van der Waals surface area contributed by atoms with Crippen molar-refractivity contribution in [2.45, 2.75) is 30.6 Å². The predicted molar refractivity (Wildman–Crippen MR) is 108 cm³/mol. The summed E-state index contributed by atoms with van der Waals surface area (Å²) < 4.78 is 63.4. The van der Waals surface area contributed by atoms with Crippen molar-refractivity contribution in [2.24, 2.45) is 0 Å². The van der Waals surface area contributed by atoms with E-state index in [0.29, 0.717) is 30.8 Å². The summed E-state index contributed by atoms with van der Waals surface area (Å²) in [7, 11) is 0. The van der Waals surface area contributed by atoms with Crippen LogP contribution in [0.1, 0.15) is 22.3 Å². The Balaban J connectivity index is 1.26. The van der Waals surface area contributed by atoms with E-state index in [2.05, 4.69) is 4.74 Å². The fourth-order valence-electron chi connectivity index (χ4n) is 4.49. The number of piperidine rings is 1. The van der Waals surface area contributed by atoms with E-state index < -0.39 is 24.7 Å². The maximum atomic E-state index is 13.2. The number of likely N-dealkylation sites (tertiary alicyclic amines) is 1. The molecule has 3 aliphatic heterocycles. The van der Waals surface area contributed by atoms with E-state index in [-0.39, 0.29) is 31.2 Å². The molecule has 0 radical (unpaired) electrons. The highest BCUT2D eigenvalue weighted by molar-refractivity contribution is 5.95. The summed E-state index contributed by atoms with van der Waals surface area (Å²) in [5, 5.41) is 0. The van der Waals surface area contributed by atoms with Crippen LogP contribution in [-0.4, -0.2) is 62.5 Å². The largest absolute Gasteiger partial charge is 0.522 e. The molecular weight excluding hydrogens is 443 g/mol. The highest BCUT2D eigenvalue weighted by Crippen LogP contribution is 2.43. The second kappa shape index (κ2) is 8.51. The van der Waals surface area contributed by atoms with Crippen LogP contribution in [-0.2, 0) is 19.8 Å². The van der Waals surface area contributed by atoms with Gasteiger partial charge in [0.25, 0.3) is 5.91 Å². The number of fused-ring (bicyclic) bond motifs is 2. The van der Waals surface area contributed by atoms with Crippen molar-refractivity contribution in [1.29, 1.82) is 0 Å². The summed E-state index contributed by atoms with van der Waals surface area (Å²) in [4.78, 5) is 14.9. The van der Waals surface area contributed by atoms with Crippen LogP contribution >= 0.6 is 0 Å². The van der Waals surface area contributed by atoms with Gasteiger partial charge in [0.15, 0.2) is 17.6 Å². The molecule has 33 heavy (non-hydrogen) atoms. The second-order valence-corrected chi connectivity index (χ2v) is 8.14. The Morgan fingerprint density at radius 1 is 1.15 bits per heavy atom. The molecule has 1 amide bonds. The number of alkyl halides is 3. The van der Waals surface area contributed by atoms with Crippen molar-refractivity contribution < 1.29 is 41.7 Å². The Bertz CT molecular complexity index is 1020. The van der Waals surface area contributed by atoms with E-state index in [0.717, 1.165) is 5.56 Å². The zero-order valence-electron chi connectivity index (χ0n) is 17.5. The number of carbonyl (C=O) groups is 1. The van der Waals surface area contributed by atoms with E-state index in [9.17, 15) is 18.0 Å². The van der Waals surface area contributed by atoms with Crippen LogP contribution in [0.3, 0.4) is 0 Å². The maximum absolute atomic E-state index is 13.2. The van der Waals surface area contributed by atoms with Gasteiger partial charge in [-0.1, -0.05) is 30.3 Å². The number of rotatable bonds is 4. The molecule has 2 fully saturated rings. The highest BCUT2D eigenvalue weighted by Gasteiger charge is 2.51. The minimum absolute atomic E-state index is 0.114. The number of hydrogen-bond acceptors (Lipinski definition) is 6. The van der Waals surface area contributed by atoms with E-state index >= 15 is 0 Å². The van der Waals surface area contributed by atoms with E-state index in [1.807, 2.05) is 30.3 Å². The lowest BCUT2D eigenvalue weighted by Crippen LogP contribution is -2.53. The van der Waals surface area contributed by atoms with Crippen molar-refractivity contribution in [3.8, 4) is 11.5 Å². The standard InChI is InChI=1S/C23H22F3NO6/c24-23(25,26)31-13-17-12-29-19-10-15(6-7-18(19)33-17)21(28)27-9-8-22(16-4-2-1-3-5-16)20(11-27)30-14-32-22/h1-7,10,17,20H,8-9,11-14H2/t17?,20?,22-/m0/s1. The molecule has 3 heterocycles. The van der Waals surface area contributed by atoms with Crippen LogP contribution in [0.4, 0.5) is 13.2 Å². The van der Waals surface area contributed by atoms with Crippen molar-refractivity contribution in [2.75, 3.05) is 33.1 Å². The topological polar surface area (TPSA) is 66.5 Å². The molecule has 2 aromatic rings. The molecule has 7 nitrogen and oxygen atoms in total. The number of nitrogens with zero attached hydrogens (tertiary/aromatic N) is 1. The Kier molecular flexibility index (Phi) is 5.67. The smallest absolute Gasteiger partial charge is 0.486 e. The number of halogens is 3. The van der Waals surface area contributed by atoms with E-state index in [1.165, 1.54) is 6.07 Å². The number of carbonyl (C=O) groups excluding carboxylic acids is 1. The average molecular weight is 465 g/mol. The van der Waals surface area contributed by atoms with Crippen LogP contribution in [0.2, 0.25) is 0 Å². The van der Waals surface area contributed by atoms with Crippen LogP contribution in [0, 0.1) is 0 Å². The highest BCUT2D eigenvalue weighted by atomic mass is 19.4. The molecule has 2 aromatic carbocycles. The monoisotopic (exact) mass is 465 g/mol. The fraction of sp³-hybridized carbons (Fsp3) is 0.435. The maximum Gasteiger partial charge on any atom is 0.522 e. The molecule has 0 bridgehead atoms. The molecule has 3 atom stereocenters. The third kappa shape index (κ3) is 4.38. The number of benzene rings is 2. The zero-order chi connectivity index (χ0) is 23.1. The van der Waals surface area contributed by atoms with Crippen molar-refractivity contribution >= 4 is 5.91 Å². The van der Waals surface area contributed by atoms with Crippen LogP contribution in [0.25, 0.3) is 0 Å². The average Bonchev–Trinajstić information content (AvgIpc) is 3.26. The number of amides is 1. The van der Waals surface area contributed by atoms with Gasteiger partial charge in [-0.05, 0) is 23.8 Å². The normalized spacial score (nSPS) is 26.7. The van der Waals surface area contributed by atoms with E-state index in [4.69, 9.17) is 18.9 Å². The van der Waals surface area contributed by atoms with Gasteiger partial charge in [-0.2, -0.15) is 0 Å². The molecule has 0 spiro atoms. The number of hydrogen-bond donors (Lipinski definition) is 0. The molecule has 0 N–H and O–H groups in total. The number of ether oxygens (including phenoxy) is 5. The Morgan fingerprint density at radius 2 is 1.97 bits per heavy atom. The first-order valence-corrected chi connectivity index (χ1v) is 10.6. The van der Waals surface area contributed by atoms with Crippen LogP contribution in [0.15, 0.2) is 48.5 Å². The fourth-order valence-corrected chi connectivity index (χ4v) is 4.49. The summed E-state index contributed by atoms with van der Waals surface area (Å²) in [5.74, 6) is 0.379. The van der Waals surface area contributed by atoms with E-state index in [1.54, 1.807) is 17.0 Å². The Morgan fingerprint density at radius 3 is 2.76 bits per heavy atom. The van der Waals surface area contributed by atoms with Gasteiger partial charge in [-0.3, -0.25) is 9.53 Å². The van der Waals surface area contributed by atoms with Gasteiger partial charge in [-0.25, -0.2) is 0 Å². The molecule has 2 saturated heterocycles. The lowest BCUT2D eigenvalue weighted by atomic mass is 9.82. The van der Waals surface area contributed by atoms with Crippen molar-refractivity contribution in [3.05, 3.63) is 59.7 Å². The van der Waals surface area contributed by atoms with Gasteiger partial charge in [0.05, 0.1) is 13.2 Å². The molecule has 0 aliphatic carbocycles. The van der Waals surface area contributed by atoms with Gasteiger partial charge in [0.1, 0.15) is 25.1 Å². The summed E-state index contributed by atoms with van der Waals surface area (Å²) in [5.41, 5.74) is 0.856. The lowest BCUT2D eigenvalue weighted by Gasteiger charge is -2.42. The molecule has 0 aromatic heterocycles. The Hall–Kier alpha value is -2.82. The summed E-state index contributed by atoms with van der Waals surface area (Å²) in [6.07, 6.45) is -5.32. The molecule has 0 saturated carbocycles. The first kappa shape index (κ1) is 22.0.